The summed E-state index contributed by atoms with van der Waals surface area (Å²) in [6.45, 7) is 4.80. The summed E-state index contributed by atoms with van der Waals surface area (Å²) < 4.78 is 0. The molecule has 1 saturated heterocycles. The predicted octanol–water partition coefficient (Wildman–Crippen LogP) is 2.33. The maximum Gasteiger partial charge on any atom is 0.225 e. The fourth-order valence-corrected chi connectivity index (χ4v) is 3.33. The fourth-order valence-electron chi connectivity index (χ4n) is 3.33. The van der Waals surface area contributed by atoms with Crippen molar-refractivity contribution in [2.45, 2.75) is 58.3 Å². The smallest absolute Gasteiger partial charge is 0.225 e. The average Bonchev–Trinajstić information content (AvgIpc) is 3.01. The van der Waals surface area contributed by atoms with Crippen molar-refractivity contribution in [3.8, 4) is 0 Å². The Morgan fingerprint density at radius 2 is 1.65 bits per heavy atom. The van der Waals surface area contributed by atoms with E-state index in [4.69, 9.17) is 0 Å². The van der Waals surface area contributed by atoms with E-state index in [1.165, 1.54) is 0 Å². The molecule has 0 atom stereocenters. The molecular formula is C16H28N2O2. The summed E-state index contributed by atoms with van der Waals surface area (Å²) >= 11 is 0. The first-order chi connectivity index (χ1) is 9.72. The lowest BCUT2D eigenvalue weighted by Gasteiger charge is -2.29. The van der Waals surface area contributed by atoms with E-state index >= 15 is 0 Å². The van der Waals surface area contributed by atoms with Crippen molar-refractivity contribution in [1.82, 2.24) is 10.2 Å². The van der Waals surface area contributed by atoms with Crippen LogP contribution in [0.2, 0.25) is 0 Å². The second kappa shape index (κ2) is 7.65. The molecule has 0 spiro atoms. The van der Waals surface area contributed by atoms with E-state index < -0.39 is 0 Å². The third-order valence-corrected chi connectivity index (χ3v) is 4.69. The van der Waals surface area contributed by atoms with Crippen LogP contribution in [0.15, 0.2) is 0 Å². The highest BCUT2D eigenvalue weighted by Gasteiger charge is 2.32. The van der Waals surface area contributed by atoms with Crippen molar-refractivity contribution in [1.29, 1.82) is 0 Å². The van der Waals surface area contributed by atoms with Crippen molar-refractivity contribution in [2.75, 3.05) is 19.6 Å². The highest BCUT2D eigenvalue weighted by Crippen LogP contribution is 2.31. The molecule has 2 fully saturated rings. The lowest BCUT2D eigenvalue weighted by atomic mass is 9.81. The molecule has 2 aliphatic rings. The lowest BCUT2D eigenvalue weighted by molar-refractivity contribution is -0.137. The number of hydrogen-bond acceptors (Lipinski definition) is 2. The first kappa shape index (κ1) is 15.3. The summed E-state index contributed by atoms with van der Waals surface area (Å²) in [5.41, 5.74) is 0. The number of carbonyl (C=O) groups is 2. The number of nitrogens with one attached hydrogen (secondary N) is 1. The van der Waals surface area contributed by atoms with Gasteiger partial charge in [0.1, 0.15) is 0 Å². The molecule has 0 aromatic heterocycles. The third kappa shape index (κ3) is 3.97. The molecule has 20 heavy (non-hydrogen) atoms. The Bertz CT molecular complexity index is 329. The van der Waals surface area contributed by atoms with Crippen molar-refractivity contribution >= 4 is 11.8 Å². The molecule has 1 heterocycles. The normalized spacial score (nSPS) is 26.6. The maximum absolute atomic E-state index is 12.3. The average molecular weight is 280 g/mol. The van der Waals surface area contributed by atoms with Gasteiger partial charge in [0.15, 0.2) is 0 Å². The Morgan fingerprint density at radius 3 is 2.25 bits per heavy atom. The second-order valence-electron chi connectivity index (χ2n) is 6.23. The number of likely N-dealkylation sites (tertiary alicyclic amines) is 1. The van der Waals surface area contributed by atoms with E-state index in [0.29, 0.717) is 5.91 Å². The monoisotopic (exact) mass is 280 g/mol. The van der Waals surface area contributed by atoms with Crippen LogP contribution in [-0.2, 0) is 9.59 Å². The minimum absolute atomic E-state index is 0.134. The van der Waals surface area contributed by atoms with Gasteiger partial charge in [-0.15, -0.1) is 0 Å². The zero-order chi connectivity index (χ0) is 14.4. The van der Waals surface area contributed by atoms with Gasteiger partial charge in [-0.25, -0.2) is 0 Å². The van der Waals surface area contributed by atoms with Gasteiger partial charge in [-0.05, 0) is 44.9 Å². The topological polar surface area (TPSA) is 49.4 Å². The van der Waals surface area contributed by atoms with Crippen LogP contribution in [0, 0.1) is 11.8 Å². The summed E-state index contributed by atoms with van der Waals surface area (Å²) in [7, 11) is 0. The molecule has 1 aliphatic heterocycles. The van der Waals surface area contributed by atoms with E-state index in [0.717, 1.165) is 71.0 Å². The largest absolute Gasteiger partial charge is 0.356 e. The van der Waals surface area contributed by atoms with E-state index in [2.05, 4.69) is 12.2 Å². The molecule has 0 bridgehead atoms. The first-order valence-corrected chi connectivity index (χ1v) is 8.29. The molecule has 4 nitrogen and oxygen atoms in total. The minimum Gasteiger partial charge on any atom is -0.356 e. The summed E-state index contributed by atoms with van der Waals surface area (Å²) in [6, 6.07) is 0. The summed E-state index contributed by atoms with van der Waals surface area (Å²) in [5, 5.41) is 3.02. The van der Waals surface area contributed by atoms with Gasteiger partial charge in [-0.2, -0.15) is 0 Å². The van der Waals surface area contributed by atoms with Crippen LogP contribution in [0.25, 0.3) is 0 Å². The van der Waals surface area contributed by atoms with E-state index in [9.17, 15) is 9.59 Å². The summed E-state index contributed by atoms with van der Waals surface area (Å²) in [5.74, 6) is 0.847. The van der Waals surface area contributed by atoms with Crippen LogP contribution in [0.4, 0.5) is 0 Å². The van der Waals surface area contributed by atoms with Crippen molar-refractivity contribution < 1.29 is 9.59 Å². The Hall–Kier alpha value is -1.06. The number of hydrogen-bond donors (Lipinski definition) is 1. The van der Waals surface area contributed by atoms with Gasteiger partial charge in [0.25, 0.3) is 0 Å². The summed E-state index contributed by atoms with van der Waals surface area (Å²) in [6.07, 6.45) is 8.00. The van der Waals surface area contributed by atoms with E-state index in [-0.39, 0.29) is 17.7 Å². The van der Waals surface area contributed by atoms with E-state index in [1.54, 1.807) is 0 Å². The van der Waals surface area contributed by atoms with Crippen LogP contribution >= 0.6 is 0 Å². The lowest BCUT2D eigenvalue weighted by Crippen LogP contribution is -2.38. The predicted molar refractivity (Wildman–Crippen MR) is 79.2 cm³/mol. The molecule has 0 unspecified atom stereocenters. The molecule has 2 amide bonds. The zero-order valence-electron chi connectivity index (χ0n) is 12.7. The Morgan fingerprint density at radius 1 is 1.05 bits per heavy atom. The number of amides is 2. The molecule has 4 heteroatoms. The molecule has 114 valence electrons. The van der Waals surface area contributed by atoms with Crippen LogP contribution in [0.5, 0.6) is 0 Å². The molecule has 0 radical (unpaired) electrons. The molecule has 1 saturated carbocycles. The zero-order valence-corrected chi connectivity index (χ0v) is 12.7. The molecule has 1 N–H and O–H groups in total. The van der Waals surface area contributed by atoms with E-state index in [1.807, 2.05) is 4.90 Å². The molecular weight excluding hydrogens is 252 g/mol. The highest BCUT2D eigenvalue weighted by molar-refractivity contribution is 5.81. The van der Waals surface area contributed by atoms with Crippen LogP contribution in [0.1, 0.15) is 58.3 Å². The Balaban J connectivity index is 1.71. The van der Waals surface area contributed by atoms with Gasteiger partial charge in [-0.3, -0.25) is 9.59 Å². The maximum atomic E-state index is 12.3. The van der Waals surface area contributed by atoms with Crippen molar-refractivity contribution in [2.24, 2.45) is 11.8 Å². The molecule has 1 aliphatic carbocycles. The minimum atomic E-state index is 0.134. The van der Waals surface area contributed by atoms with Crippen LogP contribution in [0.3, 0.4) is 0 Å². The van der Waals surface area contributed by atoms with Gasteiger partial charge >= 0.3 is 0 Å². The van der Waals surface area contributed by atoms with Gasteiger partial charge in [-0.1, -0.05) is 13.3 Å². The summed E-state index contributed by atoms with van der Waals surface area (Å²) in [4.78, 5) is 26.3. The first-order valence-electron chi connectivity index (χ1n) is 8.29. The van der Waals surface area contributed by atoms with Crippen LogP contribution in [-0.4, -0.2) is 36.3 Å². The quantitative estimate of drug-likeness (QED) is 0.786. The van der Waals surface area contributed by atoms with Crippen LogP contribution < -0.4 is 5.32 Å². The highest BCUT2D eigenvalue weighted by atomic mass is 16.2. The van der Waals surface area contributed by atoms with Gasteiger partial charge in [0, 0.05) is 31.5 Å². The Kier molecular flexibility index (Phi) is 5.86. The van der Waals surface area contributed by atoms with Crippen molar-refractivity contribution in [3.63, 3.8) is 0 Å². The number of rotatable bonds is 5. The Labute approximate surface area is 122 Å². The fraction of sp³-hybridized carbons (Fsp3) is 0.875. The number of nitrogens with zero attached hydrogens (tertiary/aromatic N) is 1. The third-order valence-electron chi connectivity index (χ3n) is 4.69. The van der Waals surface area contributed by atoms with Gasteiger partial charge < -0.3 is 10.2 Å². The standard InChI is InChI=1S/C16H28N2O2/c1-2-3-10-17-15(19)13-6-8-14(9-7-13)16(20)18-11-4-5-12-18/h13-14H,2-12H2,1H3,(H,17,19). The second-order valence-corrected chi connectivity index (χ2v) is 6.23. The SMILES string of the molecule is CCCCNC(=O)C1CCC(C(=O)N2CCCC2)CC1. The number of unbranched alkanes of at least 4 members (excludes halogenated alkanes) is 1. The van der Waals surface area contributed by atoms with Gasteiger partial charge in [0.05, 0.1) is 0 Å². The molecule has 0 aromatic rings. The molecule has 2 rings (SSSR count). The molecule has 0 aromatic carbocycles. The number of carbonyl (C=O) groups excluding carboxylic acids is 2. The van der Waals surface area contributed by atoms with Gasteiger partial charge in [0.2, 0.25) is 11.8 Å². The van der Waals surface area contributed by atoms with Crippen molar-refractivity contribution in [3.05, 3.63) is 0 Å².